The summed E-state index contributed by atoms with van der Waals surface area (Å²) in [5, 5.41) is 3.08. The van der Waals surface area contributed by atoms with Crippen LogP contribution < -0.4 is 5.32 Å². The third kappa shape index (κ3) is 4.49. The Morgan fingerprint density at radius 1 is 1.22 bits per heavy atom. The number of methoxy groups -OCH3 is 1. The highest BCUT2D eigenvalue weighted by atomic mass is 16.5. The number of hydrogen-bond acceptors (Lipinski definition) is 2. The second-order valence-corrected chi connectivity index (χ2v) is 4.95. The maximum atomic E-state index is 11.9. The molecule has 0 saturated carbocycles. The summed E-state index contributed by atoms with van der Waals surface area (Å²) in [6.07, 6.45) is 0.348. The highest BCUT2D eigenvalue weighted by molar-refractivity contribution is 5.77. The lowest BCUT2D eigenvalue weighted by molar-refractivity contribution is -0.124. The molecular weight excluding hydrogens is 226 g/mol. The van der Waals surface area contributed by atoms with Crippen LogP contribution in [0.2, 0.25) is 0 Å². The van der Waals surface area contributed by atoms with E-state index in [0.717, 1.165) is 5.56 Å². The molecule has 0 saturated heterocycles. The van der Waals surface area contributed by atoms with Crippen molar-refractivity contribution >= 4 is 5.91 Å². The van der Waals surface area contributed by atoms with E-state index in [1.807, 2.05) is 37.3 Å². The molecule has 1 aromatic rings. The summed E-state index contributed by atoms with van der Waals surface area (Å²) in [5.74, 6) is 0.390. The lowest BCUT2D eigenvalue weighted by atomic mass is 9.96. The van der Waals surface area contributed by atoms with Crippen LogP contribution in [-0.2, 0) is 9.53 Å². The number of hydrogen-bond donors (Lipinski definition) is 1. The standard InChI is InChI=1S/C15H23NO2/c1-11(2)15(13-8-6-5-7-9-13)16-14(17)10-12(3)18-4/h5-9,11-12,15H,10H2,1-4H3,(H,16,17)/t12-,15-/m1/s1. The fourth-order valence-electron chi connectivity index (χ4n) is 1.87. The largest absolute Gasteiger partial charge is 0.381 e. The number of carbonyl (C=O) groups is 1. The van der Waals surface area contributed by atoms with E-state index in [-0.39, 0.29) is 18.1 Å². The molecule has 0 radical (unpaired) electrons. The Bertz CT molecular complexity index is 362. The van der Waals surface area contributed by atoms with Crippen LogP contribution in [0, 0.1) is 5.92 Å². The van der Waals surface area contributed by atoms with Crippen molar-refractivity contribution in [2.75, 3.05) is 7.11 Å². The summed E-state index contributed by atoms with van der Waals surface area (Å²) in [6.45, 7) is 6.11. The summed E-state index contributed by atoms with van der Waals surface area (Å²) in [6, 6.07) is 10.1. The Morgan fingerprint density at radius 3 is 2.33 bits per heavy atom. The van der Waals surface area contributed by atoms with Crippen molar-refractivity contribution in [3.8, 4) is 0 Å². The Hall–Kier alpha value is -1.35. The van der Waals surface area contributed by atoms with Gasteiger partial charge in [-0.05, 0) is 18.4 Å². The van der Waals surface area contributed by atoms with Gasteiger partial charge in [0.2, 0.25) is 5.91 Å². The zero-order valence-electron chi connectivity index (χ0n) is 11.6. The van der Waals surface area contributed by atoms with E-state index in [9.17, 15) is 4.79 Å². The van der Waals surface area contributed by atoms with Crippen LogP contribution in [0.5, 0.6) is 0 Å². The SMILES string of the molecule is CO[C@H](C)CC(=O)N[C@@H](c1ccccc1)C(C)C. The minimum absolute atomic E-state index is 0.0342. The zero-order chi connectivity index (χ0) is 13.5. The molecule has 18 heavy (non-hydrogen) atoms. The maximum absolute atomic E-state index is 11.9. The molecular formula is C15H23NO2. The minimum atomic E-state index is -0.0476. The monoisotopic (exact) mass is 249 g/mol. The number of nitrogens with one attached hydrogen (secondary N) is 1. The van der Waals surface area contributed by atoms with Crippen LogP contribution in [0.4, 0.5) is 0 Å². The van der Waals surface area contributed by atoms with Gasteiger partial charge in [-0.2, -0.15) is 0 Å². The molecule has 1 aromatic carbocycles. The molecule has 1 N–H and O–H groups in total. The highest BCUT2D eigenvalue weighted by Crippen LogP contribution is 2.21. The Kier molecular flexibility index (Phi) is 5.86. The third-order valence-electron chi connectivity index (χ3n) is 3.02. The Morgan fingerprint density at radius 2 is 1.83 bits per heavy atom. The van der Waals surface area contributed by atoms with E-state index in [2.05, 4.69) is 19.2 Å². The van der Waals surface area contributed by atoms with Crippen LogP contribution in [0.25, 0.3) is 0 Å². The minimum Gasteiger partial charge on any atom is -0.381 e. The van der Waals surface area contributed by atoms with Gasteiger partial charge in [0.1, 0.15) is 0 Å². The predicted octanol–water partition coefficient (Wildman–Crippen LogP) is 2.92. The van der Waals surface area contributed by atoms with E-state index in [1.165, 1.54) is 0 Å². The molecule has 0 bridgehead atoms. The average Bonchev–Trinajstić information content (AvgIpc) is 2.36. The first-order valence-electron chi connectivity index (χ1n) is 6.41. The molecule has 0 aliphatic heterocycles. The van der Waals surface area contributed by atoms with Crippen LogP contribution in [0.15, 0.2) is 30.3 Å². The van der Waals surface area contributed by atoms with E-state index in [1.54, 1.807) is 7.11 Å². The Balaban J connectivity index is 2.67. The van der Waals surface area contributed by atoms with Crippen molar-refractivity contribution in [1.82, 2.24) is 5.32 Å². The second kappa shape index (κ2) is 7.17. The molecule has 2 atom stereocenters. The van der Waals surface area contributed by atoms with E-state index in [0.29, 0.717) is 12.3 Å². The fraction of sp³-hybridized carbons (Fsp3) is 0.533. The van der Waals surface area contributed by atoms with Gasteiger partial charge in [0.15, 0.2) is 0 Å². The number of carbonyl (C=O) groups excluding carboxylic acids is 1. The first-order chi connectivity index (χ1) is 8.54. The molecule has 100 valence electrons. The summed E-state index contributed by atoms with van der Waals surface area (Å²) in [5.41, 5.74) is 1.14. The van der Waals surface area contributed by atoms with Gasteiger partial charge in [-0.1, -0.05) is 44.2 Å². The molecule has 3 heteroatoms. The molecule has 0 heterocycles. The van der Waals surface area contributed by atoms with Gasteiger partial charge >= 0.3 is 0 Å². The van der Waals surface area contributed by atoms with Crippen LogP contribution >= 0.6 is 0 Å². The van der Waals surface area contributed by atoms with Crippen molar-refractivity contribution in [3.05, 3.63) is 35.9 Å². The van der Waals surface area contributed by atoms with Gasteiger partial charge in [0, 0.05) is 7.11 Å². The average molecular weight is 249 g/mol. The number of rotatable bonds is 6. The van der Waals surface area contributed by atoms with Crippen molar-refractivity contribution in [3.63, 3.8) is 0 Å². The van der Waals surface area contributed by atoms with Gasteiger partial charge in [0.25, 0.3) is 0 Å². The molecule has 0 spiro atoms. The van der Waals surface area contributed by atoms with E-state index < -0.39 is 0 Å². The van der Waals surface area contributed by atoms with Crippen molar-refractivity contribution in [2.24, 2.45) is 5.92 Å². The van der Waals surface area contributed by atoms with Crippen molar-refractivity contribution in [1.29, 1.82) is 0 Å². The molecule has 0 aliphatic rings. The maximum Gasteiger partial charge on any atom is 0.223 e. The lowest BCUT2D eigenvalue weighted by Gasteiger charge is -2.23. The van der Waals surface area contributed by atoms with Gasteiger partial charge < -0.3 is 10.1 Å². The molecule has 1 rings (SSSR count). The first-order valence-corrected chi connectivity index (χ1v) is 6.41. The number of ether oxygens (including phenoxy) is 1. The molecule has 0 fully saturated rings. The van der Waals surface area contributed by atoms with Gasteiger partial charge in [0.05, 0.1) is 18.6 Å². The molecule has 0 unspecified atom stereocenters. The molecule has 0 aromatic heterocycles. The summed E-state index contributed by atoms with van der Waals surface area (Å²) >= 11 is 0. The smallest absolute Gasteiger partial charge is 0.223 e. The van der Waals surface area contributed by atoms with Crippen LogP contribution in [0.1, 0.15) is 38.8 Å². The Labute approximate surface area is 110 Å². The van der Waals surface area contributed by atoms with Gasteiger partial charge in [-0.25, -0.2) is 0 Å². The molecule has 3 nitrogen and oxygen atoms in total. The van der Waals surface area contributed by atoms with Crippen LogP contribution in [-0.4, -0.2) is 19.1 Å². The third-order valence-corrected chi connectivity index (χ3v) is 3.02. The van der Waals surface area contributed by atoms with Crippen LogP contribution in [0.3, 0.4) is 0 Å². The molecule has 1 amide bonds. The van der Waals surface area contributed by atoms with Gasteiger partial charge in [-0.15, -0.1) is 0 Å². The summed E-state index contributed by atoms with van der Waals surface area (Å²) in [7, 11) is 1.62. The summed E-state index contributed by atoms with van der Waals surface area (Å²) in [4.78, 5) is 11.9. The lowest BCUT2D eigenvalue weighted by Crippen LogP contribution is -2.33. The summed E-state index contributed by atoms with van der Waals surface area (Å²) < 4.78 is 5.11. The predicted molar refractivity (Wildman–Crippen MR) is 73.3 cm³/mol. The van der Waals surface area contributed by atoms with Crippen molar-refractivity contribution < 1.29 is 9.53 Å². The highest BCUT2D eigenvalue weighted by Gasteiger charge is 2.18. The van der Waals surface area contributed by atoms with Gasteiger partial charge in [-0.3, -0.25) is 4.79 Å². The first kappa shape index (κ1) is 14.7. The number of amides is 1. The zero-order valence-corrected chi connectivity index (χ0v) is 11.6. The normalized spacial score (nSPS) is 14.3. The second-order valence-electron chi connectivity index (χ2n) is 4.95. The number of benzene rings is 1. The fourth-order valence-corrected chi connectivity index (χ4v) is 1.87. The van der Waals surface area contributed by atoms with Crippen molar-refractivity contribution in [2.45, 2.75) is 39.3 Å². The quantitative estimate of drug-likeness (QED) is 0.841. The molecule has 0 aliphatic carbocycles. The van der Waals surface area contributed by atoms with E-state index in [4.69, 9.17) is 4.74 Å². The topological polar surface area (TPSA) is 38.3 Å². The van der Waals surface area contributed by atoms with E-state index >= 15 is 0 Å².